The molecule has 96 valence electrons. The van der Waals surface area contributed by atoms with E-state index in [1.807, 2.05) is 18.2 Å². The van der Waals surface area contributed by atoms with E-state index in [1.54, 1.807) is 11.3 Å². The smallest absolute Gasteiger partial charge is 0.0934 e. The molecule has 0 spiro atoms. The molecule has 3 heteroatoms. The van der Waals surface area contributed by atoms with Gasteiger partial charge in [0.05, 0.1) is 10.7 Å². The fourth-order valence-corrected chi connectivity index (χ4v) is 3.11. The summed E-state index contributed by atoms with van der Waals surface area (Å²) in [4.78, 5) is 5.90. The zero-order chi connectivity index (χ0) is 13.1. The Hall–Kier alpha value is -1.19. The lowest BCUT2D eigenvalue weighted by Gasteiger charge is -2.19. The molecule has 2 aromatic rings. The predicted molar refractivity (Wildman–Crippen MR) is 77.8 cm³/mol. The van der Waals surface area contributed by atoms with Crippen LogP contribution in [-0.2, 0) is 6.42 Å². The summed E-state index contributed by atoms with van der Waals surface area (Å²) < 4.78 is 0. The average molecular weight is 260 g/mol. The molecule has 2 unspecified atom stereocenters. The van der Waals surface area contributed by atoms with Gasteiger partial charge in [-0.15, -0.1) is 11.3 Å². The van der Waals surface area contributed by atoms with Crippen LogP contribution in [0, 0.1) is 19.8 Å². The van der Waals surface area contributed by atoms with Gasteiger partial charge in [0.1, 0.15) is 0 Å². The number of aromatic nitrogens is 1. The third kappa shape index (κ3) is 2.98. The van der Waals surface area contributed by atoms with Crippen LogP contribution >= 0.6 is 11.3 Å². The summed E-state index contributed by atoms with van der Waals surface area (Å²) in [6.07, 6.45) is 0.954. The Kier molecular flexibility index (Phi) is 4.15. The van der Waals surface area contributed by atoms with Gasteiger partial charge in [-0.3, -0.25) is 0 Å². The second-order valence-electron chi connectivity index (χ2n) is 4.87. The van der Waals surface area contributed by atoms with Crippen LogP contribution in [0.25, 0.3) is 0 Å². The van der Waals surface area contributed by atoms with Gasteiger partial charge in [0, 0.05) is 17.3 Å². The van der Waals surface area contributed by atoms with Crippen LogP contribution in [0.5, 0.6) is 0 Å². The zero-order valence-electron chi connectivity index (χ0n) is 11.2. The molecule has 2 rings (SSSR count). The summed E-state index contributed by atoms with van der Waals surface area (Å²) in [5.74, 6) is 0.400. The van der Waals surface area contributed by atoms with E-state index < -0.39 is 0 Å². The van der Waals surface area contributed by atoms with E-state index in [0.29, 0.717) is 5.92 Å². The number of hydrogen-bond donors (Lipinski definition) is 1. The number of aryl methyl sites for hydroxylation is 2. The fourth-order valence-electron chi connectivity index (χ4n) is 2.03. The van der Waals surface area contributed by atoms with E-state index in [2.05, 4.69) is 37.9 Å². The van der Waals surface area contributed by atoms with Crippen LogP contribution in [-0.4, -0.2) is 4.98 Å². The van der Waals surface area contributed by atoms with Gasteiger partial charge in [-0.25, -0.2) is 4.98 Å². The maximum atomic E-state index is 6.31. The van der Waals surface area contributed by atoms with E-state index in [0.717, 1.165) is 12.1 Å². The van der Waals surface area contributed by atoms with Crippen molar-refractivity contribution in [1.82, 2.24) is 4.98 Å². The number of thiazole rings is 1. The van der Waals surface area contributed by atoms with E-state index >= 15 is 0 Å². The predicted octanol–water partition coefficient (Wildman–Crippen LogP) is 3.64. The van der Waals surface area contributed by atoms with Crippen molar-refractivity contribution >= 4 is 11.3 Å². The minimum Gasteiger partial charge on any atom is -0.324 e. The molecule has 0 fully saturated rings. The van der Waals surface area contributed by atoms with Crippen LogP contribution in [0.2, 0.25) is 0 Å². The largest absolute Gasteiger partial charge is 0.324 e. The summed E-state index contributed by atoms with van der Waals surface area (Å²) in [5, 5.41) is 1.20. The van der Waals surface area contributed by atoms with Gasteiger partial charge < -0.3 is 5.73 Å². The van der Waals surface area contributed by atoms with Gasteiger partial charge >= 0.3 is 0 Å². The zero-order valence-corrected chi connectivity index (χ0v) is 12.0. The molecule has 1 aromatic heterocycles. The number of nitrogens with two attached hydrogens (primary N) is 1. The van der Waals surface area contributed by atoms with Crippen molar-refractivity contribution in [3.05, 3.63) is 51.5 Å². The third-order valence-corrected chi connectivity index (χ3v) is 4.46. The Morgan fingerprint density at radius 1 is 1.22 bits per heavy atom. The van der Waals surface area contributed by atoms with Gasteiger partial charge in [0.25, 0.3) is 0 Å². The molecule has 0 bridgehead atoms. The summed E-state index contributed by atoms with van der Waals surface area (Å²) >= 11 is 1.79. The Morgan fingerprint density at radius 2 is 1.89 bits per heavy atom. The average Bonchev–Trinajstić information content (AvgIpc) is 2.68. The highest BCUT2D eigenvalue weighted by Gasteiger charge is 2.17. The Morgan fingerprint density at radius 3 is 2.44 bits per heavy atom. The molecule has 0 saturated heterocycles. The van der Waals surface area contributed by atoms with Crippen molar-refractivity contribution in [2.45, 2.75) is 33.2 Å². The van der Waals surface area contributed by atoms with E-state index in [4.69, 9.17) is 5.73 Å². The van der Waals surface area contributed by atoms with Crippen LogP contribution in [0.4, 0.5) is 0 Å². The first-order valence-corrected chi connectivity index (χ1v) is 7.13. The highest BCUT2D eigenvalue weighted by molar-refractivity contribution is 7.11. The van der Waals surface area contributed by atoms with Gasteiger partial charge in [-0.2, -0.15) is 0 Å². The van der Waals surface area contributed by atoms with E-state index in [-0.39, 0.29) is 6.04 Å². The summed E-state index contributed by atoms with van der Waals surface area (Å²) in [5.41, 5.74) is 8.66. The van der Waals surface area contributed by atoms with Crippen molar-refractivity contribution in [3.8, 4) is 0 Å². The molecular formula is C15H20N2S. The summed E-state index contributed by atoms with van der Waals surface area (Å²) in [6.45, 7) is 6.39. The number of benzene rings is 1. The molecular weight excluding hydrogens is 240 g/mol. The molecule has 2 N–H and O–H groups in total. The molecule has 0 aliphatic carbocycles. The van der Waals surface area contributed by atoms with Crippen LogP contribution in [0.1, 0.15) is 34.1 Å². The van der Waals surface area contributed by atoms with Crippen LogP contribution in [0.3, 0.4) is 0 Å². The van der Waals surface area contributed by atoms with Crippen LogP contribution < -0.4 is 5.73 Å². The molecule has 1 heterocycles. The quantitative estimate of drug-likeness (QED) is 0.911. The Labute approximate surface area is 113 Å². The van der Waals surface area contributed by atoms with Gasteiger partial charge in [-0.1, -0.05) is 37.3 Å². The highest BCUT2D eigenvalue weighted by atomic mass is 32.1. The standard InChI is InChI=1S/C15H20N2S/c1-10(9-14-17-11(2)12(3)18-14)15(16)13-7-5-4-6-8-13/h4-8,10,15H,9,16H2,1-3H3. The first-order chi connectivity index (χ1) is 8.58. The lowest BCUT2D eigenvalue weighted by Crippen LogP contribution is -2.20. The maximum Gasteiger partial charge on any atom is 0.0934 e. The van der Waals surface area contributed by atoms with Gasteiger partial charge in [0.2, 0.25) is 0 Å². The van der Waals surface area contributed by atoms with Crippen molar-refractivity contribution in [3.63, 3.8) is 0 Å². The fraction of sp³-hybridized carbons (Fsp3) is 0.400. The summed E-state index contributed by atoms with van der Waals surface area (Å²) in [7, 11) is 0. The molecule has 0 amide bonds. The van der Waals surface area contributed by atoms with E-state index in [9.17, 15) is 0 Å². The lowest BCUT2D eigenvalue weighted by molar-refractivity contribution is 0.467. The second-order valence-corrected chi connectivity index (χ2v) is 6.15. The first-order valence-electron chi connectivity index (χ1n) is 6.31. The Balaban J connectivity index is 2.06. The van der Waals surface area contributed by atoms with Crippen molar-refractivity contribution < 1.29 is 0 Å². The first kappa shape index (κ1) is 13.2. The highest BCUT2D eigenvalue weighted by Crippen LogP contribution is 2.25. The van der Waals surface area contributed by atoms with Crippen molar-refractivity contribution in [1.29, 1.82) is 0 Å². The lowest BCUT2D eigenvalue weighted by atomic mass is 9.93. The monoisotopic (exact) mass is 260 g/mol. The molecule has 2 nitrogen and oxygen atoms in total. The van der Waals surface area contributed by atoms with Gasteiger partial charge in [0.15, 0.2) is 0 Å². The molecule has 0 saturated carbocycles. The Bertz CT molecular complexity index is 485. The normalized spacial score (nSPS) is 14.4. The topological polar surface area (TPSA) is 38.9 Å². The van der Waals surface area contributed by atoms with Crippen molar-refractivity contribution in [2.75, 3.05) is 0 Å². The SMILES string of the molecule is Cc1nc(CC(C)C(N)c2ccccc2)sc1C. The molecule has 18 heavy (non-hydrogen) atoms. The molecule has 0 radical (unpaired) electrons. The molecule has 0 aliphatic heterocycles. The number of rotatable bonds is 4. The summed E-state index contributed by atoms with van der Waals surface area (Å²) in [6, 6.07) is 10.4. The number of hydrogen-bond acceptors (Lipinski definition) is 3. The van der Waals surface area contributed by atoms with Crippen LogP contribution in [0.15, 0.2) is 30.3 Å². The minimum absolute atomic E-state index is 0.0794. The minimum atomic E-state index is 0.0794. The molecule has 2 atom stereocenters. The van der Waals surface area contributed by atoms with Gasteiger partial charge in [-0.05, 0) is 25.3 Å². The second kappa shape index (κ2) is 5.63. The number of nitrogens with zero attached hydrogens (tertiary/aromatic N) is 1. The third-order valence-electron chi connectivity index (χ3n) is 3.37. The molecule has 1 aromatic carbocycles. The van der Waals surface area contributed by atoms with E-state index in [1.165, 1.54) is 15.4 Å². The maximum absolute atomic E-state index is 6.31. The van der Waals surface area contributed by atoms with Crippen molar-refractivity contribution in [2.24, 2.45) is 11.7 Å². The molecule has 0 aliphatic rings.